The second kappa shape index (κ2) is 14.1. The Labute approximate surface area is 313 Å². The molecule has 286 valence electrons. The van der Waals surface area contributed by atoms with Crippen molar-refractivity contribution >= 4 is 11.6 Å². The maximum atomic E-state index is 12.1. The van der Waals surface area contributed by atoms with Gasteiger partial charge in [0.05, 0.1) is 6.10 Å². The summed E-state index contributed by atoms with van der Waals surface area (Å²) in [7, 11) is 0. The first-order valence-electron chi connectivity index (χ1n) is 22.2. The highest BCUT2D eigenvalue weighted by Gasteiger charge is 2.61. The third-order valence-electron chi connectivity index (χ3n) is 18.7. The lowest BCUT2D eigenvalue weighted by Crippen LogP contribution is -2.51. The average molecular weight is 701 g/mol. The number of rotatable bonds is 6. The van der Waals surface area contributed by atoms with E-state index in [0.29, 0.717) is 28.3 Å². The Morgan fingerprint density at radius 3 is 2.14 bits per heavy atom. The molecule has 0 aliphatic heterocycles. The predicted octanol–water partition coefficient (Wildman–Crippen LogP) is 12.1. The second-order valence-corrected chi connectivity index (χ2v) is 21.4. The van der Waals surface area contributed by atoms with Crippen molar-refractivity contribution < 1.29 is 14.7 Å². The van der Waals surface area contributed by atoms with Gasteiger partial charge in [-0.1, -0.05) is 85.0 Å². The number of ketones is 2. The van der Waals surface area contributed by atoms with Crippen molar-refractivity contribution in [2.24, 2.45) is 80.8 Å². The smallest absolute Gasteiger partial charge is 0.155 e. The number of hydrogen-bond donors (Lipinski definition) is 1. The Bertz CT molecular complexity index is 1390. The van der Waals surface area contributed by atoms with E-state index in [-0.39, 0.29) is 16.9 Å². The lowest BCUT2D eigenvalue weighted by atomic mass is 9.47. The molecule has 0 aromatic carbocycles. The fraction of sp³-hybridized carbons (Fsp3) is 0.875. The first-order chi connectivity index (χ1) is 24.1. The highest BCUT2D eigenvalue weighted by molar-refractivity contribution is 5.91. The van der Waals surface area contributed by atoms with Gasteiger partial charge in [-0.05, 0) is 184 Å². The molecular formula is C48H76O3. The van der Waals surface area contributed by atoms with Crippen molar-refractivity contribution in [3.8, 4) is 0 Å². The lowest BCUT2D eigenvalue weighted by molar-refractivity contribution is -0.128. The molecule has 0 unspecified atom stereocenters. The first-order valence-corrected chi connectivity index (χ1v) is 22.2. The number of aliphatic hydroxyl groups is 1. The van der Waals surface area contributed by atoms with E-state index in [0.717, 1.165) is 91.8 Å². The molecule has 0 radical (unpaired) electrons. The van der Waals surface area contributed by atoms with Crippen LogP contribution in [-0.2, 0) is 9.59 Å². The number of aliphatic hydroxyl groups excluding tert-OH is 1. The van der Waals surface area contributed by atoms with Gasteiger partial charge in [0.25, 0.3) is 0 Å². The molecule has 0 amide bonds. The van der Waals surface area contributed by atoms with Gasteiger partial charge >= 0.3 is 0 Å². The maximum Gasteiger partial charge on any atom is 0.155 e. The number of carbonyl (C=O) groups is 2. The monoisotopic (exact) mass is 701 g/mol. The van der Waals surface area contributed by atoms with E-state index in [9.17, 15) is 14.7 Å². The van der Waals surface area contributed by atoms with Crippen LogP contribution in [0.15, 0.2) is 23.3 Å². The van der Waals surface area contributed by atoms with Crippen LogP contribution < -0.4 is 0 Å². The van der Waals surface area contributed by atoms with E-state index < -0.39 is 0 Å². The van der Waals surface area contributed by atoms with Crippen LogP contribution in [0.3, 0.4) is 0 Å². The van der Waals surface area contributed by atoms with Crippen LogP contribution in [0.5, 0.6) is 0 Å². The predicted molar refractivity (Wildman–Crippen MR) is 210 cm³/mol. The molecule has 6 saturated carbocycles. The molecule has 3 nitrogen and oxygen atoms in total. The minimum Gasteiger partial charge on any atom is -0.393 e. The Morgan fingerprint density at radius 1 is 0.745 bits per heavy atom. The summed E-state index contributed by atoms with van der Waals surface area (Å²) < 4.78 is 0. The van der Waals surface area contributed by atoms with Crippen LogP contribution in [0.25, 0.3) is 0 Å². The van der Waals surface area contributed by atoms with E-state index in [1.807, 2.05) is 6.08 Å². The largest absolute Gasteiger partial charge is 0.393 e. The van der Waals surface area contributed by atoms with Gasteiger partial charge in [0, 0.05) is 12.3 Å². The molecule has 6 fully saturated rings. The molecule has 0 saturated heterocycles. The van der Waals surface area contributed by atoms with Crippen molar-refractivity contribution in [2.75, 3.05) is 0 Å². The van der Waals surface area contributed by atoms with Gasteiger partial charge in [0.2, 0.25) is 0 Å². The van der Waals surface area contributed by atoms with E-state index in [1.54, 1.807) is 12.5 Å². The highest BCUT2D eigenvalue weighted by Crippen LogP contribution is 2.68. The summed E-state index contributed by atoms with van der Waals surface area (Å²) in [5.41, 5.74) is 4.55. The lowest BCUT2D eigenvalue weighted by Gasteiger charge is -2.58. The Balaban J connectivity index is 0.000000162. The zero-order valence-electron chi connectivity index (χ0n) is 34.2. The first kappa shape index (κ1) is 38.1. The highest BCUT2D eigenvalue weighted by atomic mass is 16.3. The van der Waals surface area contributed by atoms with Crippen LogP contribution in [0.1, 0.15) is 177 Å². The maximum absolute atomic E-state index is 12.1. The van der Waals surface area contributed by atoms with E-state index in [1.165, 1.54) is 89.0 Å². The number of Topliss-reactive ketones (excluding diaryl/α,β-unsaturated/α-hetero) is 1. The van der Waals surface area contributed by atoms with Crippen LogP contribution in [0.2, 0.25) is 0 Å². The SMILES string of the molecule is CC(=O)[C@H]1CC[C@H]2[C@@H]3CCC4=CC(=O)CC[C@]4(C)[C@H]3CC[C@]12C.CC(C)CCC[C@@H](C)[C@H]1CC[C@H]2[C@@H]3CC=C4C[C@@H](O)CC[C@]4(C)[C@H]3CC[C@]12C. The van der Waals surface area contributed by atoms with E-state index >= 15 is 0 Å². The molecule has 51 heavy (non-hydrogen) atoms. The molecule has 8 aliphatic carbocycles. The molecule has 3 heteroatoms. The molecule has 8 rings (SSSR count). The van der Waals surface area contributed by atoms with Crippen molar-refractivity contribution in [1.29, 1.82) is 0 Å². The molecule has 0 aromatic heterocycles. The van der Waals surface area contributed by atoms with Crippen molar-refractivity contribution in [1.82, 2.24) is 0 Å². The van der Waals surface area contributed by atoms with Gasteiger partial charge in [-0.2, -0.15) is 0 Å². The quantitative estimate of drug-likeness (QED) is 0.281. The summed E-state index contributed by atoms with van der Waals surface area (Å²) >= 11 is 0. The molecular weight excluding hydrogens is 625 g/mol. The van der Waals surface area contributed by atoms with Gasteiger partial charge < -0.3 is 5.11 Å². The van der Waals surface area contributed by atoms with Crippen molar-refractivity contribution in [2.45, 2.75) is 183 Å². The van der Waals surface area contributed by atoms with Gasteiger partial charge in [0.1, 0.15) is 5.78 Å². The van der Waals surface area contributed by atoms with E-state index in [2.05, 4.69) is 54.5 Å². The Hall–Kier alpha value is -1.22. The van der Waals surface area contributed by atoms with Crippen LogP contribution in [-0.4, -0.2) is 22.8 Å². The molecule has 1 N–H and O–H groups in total. The summed E-state index contributed by atoms with van der Waals surface area (Å²) in [6, 6.07) is 0. The Kier molecular flexibility index (Phi) is 10.5. The summed E-state index contributed by atoms with van der Waals surface area (Å²) in [6.45, 7) is 19.2. The zero-order valence-corrected chi connectivity index (χ0v) is 34.2. The minimum atomic E-state index is -0.0766. The average Bonchev–Trinajstić information content (AvgIpc) is 3.62. The zero-order chi connectivity index (χ0) is 36.5. The third-order valence-corrected chi connectivity index (χ3v) is 18.7. The number of fused-ring (bicyclic) bond motifs is 10. The number of hydrogen-bond acceptors (Lipinski definition) is 3. The number of carbonyl (C=O) groups excluding carboxylic acids is 2. The molecule has 0 spiro atoms. The summed E-state index contributed by atoms with van der Waals surface area (Å²) in [5.74, 6) is 8.75. The molecule has 0 bridgehead atoms. The minimum absolute atomic E-state index is 0.0766. The topological polar surface area (TPSA) is 54.4 Å². The Morgan fingerprint density at radius 2 is 1.41 bits per heavy atom. The van der Waals surface area contributed by atoms with E-state index in [4.69, 9.17) is 0 Å². The van der Waals surface area contributed by atoms with Gasteiger partial charge in [-0.25, -0.2) is 0 Å². The summed E-state index contributed by atoms with van der Waals surface area (Å²) in [6.07, 6.45) is 28.1. The fourth-order valence-corrected chi connectivity index (χ4v) is 15.9. The van der Waals surface area contributed by atoms with Crippen LogP contribution in [0.4, 0.5) is 0 Å². The van der Waals surface area contributed by atoms with Gasteiger partial charge in [-0.3, -0.25) is 9.59 Å². The van der Waals surface area contributed by atoms with Crippen molar-refractivity contribution in [3.05, 3.63) is 23.3 Å². The third kappa shape index (κ3) is 6.44. The van der Waals surface area contributed by atoms with Crippen LogP contribution >= 0.6 is 0 Å². The molecule has 14 atom stereocenters. The number of allylic oxidation sites excluding steroid dienone is 2. The normalized spacial score (nSPS) is 47.6. The van der Waals surface area contributed by atoms with Gasteiger partial charge in [-0.15, -0.1) is 0 Å². The summed E-state index contributed by atoms with van der Waals surface area (Å²) in [5, 5.41) is 10.2. The van der Waals surface area contributed by atoms with Crippen LogP contribution in [0, 0.1) is 80.8 Å². The van der Waals surface area contributed by atoms with Crippen molar-refractivity contribution in [3.63, 3.8) is 0 Å². The molecule has 0 heterocycles. The summed E-state index contributed by atoms with van der Waals surface area (Å²) in [4.78, 5) is 24.0. The molecule has 8 aliphatic rings. The standard InChI is InChI=1S/C27H46O.C21H30O2/c1-18(2)7-6-8-19(3)23-11-12-24-22-10-9-20-17-21(28)13-15-26(20,4)25(22)14-16-27(23,24)5;1-13(22)17-6-7-18-16-5-4-14-12-15(23)8-10-20(14,2)19(16)9-11-21(17,18)3/h9,18-19,21-25,28H,6-8,10-17H2,1-5H3;12,16-19H,4-11H2,1-3H3/t19-,21+,22+,23-,24+,25+,26+,27-;16-,17+,18-,19-,20-,21+/m10/s1. The molecule has 0 aromatic rings. The fourth-order valence-electron chi connectivity index (χ4n) is 15.9. The van der Waals surface area contributed by atoms with Gasteiger partial charge in [0.15, 0.2) is 5.78 Å². The second-order valence-electron chi connectivity index (χ2n) is 21.4.